The number of rotatable bonds is 8. The van der Waals surface area contributed by atoms with Gasteiger partial charge in [0.15, 0.2) is 6.61 Å². The Labute approximate surface area is 175 Å². The number of nitro groups is 1. The van der Waals surface area contributed by atoms with Gasteiger partial charge >= 0.3 is 11.6 Å². The van der Waals surface area contributed by atoms with Crippen molar-refractivity contribution in [3.05, 3.63) is 74.6 Å². The number of amides is 1. The van der Waals surface area contributed by atoms with Gasteiger partial charge in [0.1, 0.15) is 22.6 Å². The minimum atomic E-state index is -0.800. The first kappa shape index (κ1) is 21.5. The van der Waals surface area contributed by atoms with Crippen LogP contribution in [-0.2, 0) is 4.79 Å². The number of carbonyl (C=O) groups is 2. The minimum Gasteiger partial charge on any atom is -0.482 e. The second-order valence-corrected chi connectivity index (χ2v) is 6.42. The predicted molar refractivity (Wildman–Crippen MR) is 109 cm³/mol. The highest BCUT2D eigenvalue weighted by atomic mass is 16.6. The summed E-state index contributed by atoms with van der Waals surface area (Å²) in [6.45, 7) is 1.90. The Kier molecular flexibility index (Phi) is 6.61. The maximum atomic E-state index is 12.1. The number of benzene rings is 2. The third-order valence-corrected chi connectivity index (χ3v) is 4.12. The van der Waals surface area contributed by atoms with Gasteiger partial charge in [-0.25, -0.2) is 9.59 Å². The number of nitro benzene ring substituents is 1. The van der Waals surface area contributed by atoms with E-state index in [9.17, 15) is 24.5 Å². The molecular weight excluding hydrogens is 408 g/mol. The lowest BCUT2D eigenvalue weighted by Gasteiger charge is -2.08. The van der Waals surface area contributed by atoms with Crippen LogP contribution in [0.1, 0.15) is 23.7 Å². The molecular formula is C21H18N2O8. The molecule has 0 spiro atoms. The summed E-state index contributed by atoms with van der Waals surface area (Å²) in [5, 5.41) is 13.7. The van der Waals surface area contributed by atoms with Gasteiger partial charge in [-0.3, -0.25) is 14.9 Å². The zero-order valence-corrected chi connectivity index (χ0v) is 16.5. The fourth-order valence-corrected chi connectivity index (χ4v) is 2.61. The number of hydrogen-bond acceptors (Lipinski definition) is 8. The van der Waals surface area contributed by atoms with Gasteiger partial charge in [0.2, 0.25) is 0 Å². The SMILES string of the molecule is CCCNC(=O)c1cc2ccc(OC(=O)COc3ccc([N+](=O)[O-])cc3)cc2oc1=O. The van der Waals surface area contributed by atoms with Crippen LogP contribution in [0.2, 0.25) is 0 Å². The molecule has 1 heterocycles. The van der Waals surface area contributed by atoms with Crippen LogP contribution >= 0.6 is 0 Å². The molecule has 2 aromatic carbocycles. The molecule has 0 radical (unpaired) electrons. The van der Waals surface area contributed by atoms with Gasteiger partial charge < -0.3 is 19.2 Å². The van der Waals surface area contributed by atoms with Crippen molar-refractivity contribution in [3.8, 4) is 11.5 Å². The molecule has 0 aliphatic rings. The molecule has 0 saturated heterocycles. The van der Waals surface area contributed by atoms with Crippen LogP contribution in [0.5, 0.6) is 11.5 Å². The van der Waals surface area contributed by atoms with Gasteiger partial charge in [-0.1, -0.05) is 6.92 Å². The first-order valence-electron chi connectivity index (χ1n) is 9.31. The zero-order valence-electron chi connectivity index (χ0n) is 16.5. The second kappa shape index (κ2) is 9.53. The Morgan fingerprint density at radius 2 is 1.81 bits per heavy atom. The van der Waals surface area contributed by atoms with Gasteiger partial charge in [0.05, 0.1) is 4.92 Å². The van der Waals surface area contributed by atoms with Crippen LogP contribution in [0, 0.1) is 10.1 Å². The highest BCUT2D eigenvalue weighted by Gasteiger charge is 2.14. The molecule has 10 heteroatoms. The molecule has 0 atom stereocenters. The summed E-state index contributed by atoms with van der Waals surface area (Å²) in [5.41, 5.74) is -0.856. The summed E-state index contributed by atoms with van der Waals surface area (Å²) in [7, 11) is 0. The van der Waals surface area contributed by atoms with E-state index in [0.29, 0.717) is 11.9 Å². The van der Waals surface area contributed by atoms with Crippen molar-refractivity contribution in [3.63, 3.8) is 0 Å². The molecule has 0 saturated carbocycles. The highest BCUT2D eigenvalue weighted by molar-refractivity contribution is 5.96. The van der Waals surface area contributed by atoms with Crippen LogP contribution in [0.15, 0.2) is 57.7 Å². The molecule has 0 fully saturated rings. The smallest absolute Gasteiger partial charge is 0.349 e. The number of esters is 1. The molecule has 0 unspecified atom stereocenters. The topological polar surface area (TPSA) is 138 Å². The van der Waals surface area contributed by atoms with Crippen LogP contribution in [-0.4, -0.2) is 30.0 Å². The lowest BCUT2D eigenvalue weighted by atomic mass is 10.1. The van der Waals surface area contributed by atoms with E-state index in [0.717, 1.165) is 6.42 Å². The Hall–Kier alpha value is -4.21. The van der Waals surface area contributed by atoms with Crippen LogP contribution < -0.4 is 20.4 Å². The van der Waals surface area contributed by atoms with E-state index in [4.69, 9.17) is 13.9 Å². The van der Waals surface area contributed by atoms with E-state index >= 15 is 0 Å². The largest absolute Gasteiger partial charge is 0.482 e. The Bertz CT molecular complexity index is 1180. The third-order valence-electron chi connectivity index (χ3n) is 4.12. The van der Waals surface area contributed by atoms with Gasteiger partial charge in [-0.2, -0.15) is 0 Å². The van der Waals surface area contributed by atoms with E-state index in [2.05, 4.69) is 5.32 Å². The molecule has 0 aliphatic heterocycles. The predicted octanol–water partition coefficient (Wildman–Crippen LogP) is 2.83. The number of nitrogens with one attached hydrogen (secondary N) is 1. The monoisotopic (exact) mass is 426 g/mol. The van der Waals surface area contributed by atoms with Crippen LogP contribution in [0.4, 0.5) is 5.69 Å². The molecule has 1 amide bonds. The summed E-state index contributed by atoms with van der Waals surface area (Å²) < 4.78 is 15.6. The van der Waals surface area contributed by atoms with Gasteiger partial charge in [0, 0.05) is 30.1 Å². The Morgan fingerprint density at radius 1 is 1.10 bits per heavy atom. The average molecular weight is 426 g/mol. The summed E-state index contributed by atoms with van der Waals surface area (Å²) in [6, 6.07) is 11.0. The van der Waals surface area contributed by atoms with Gasteiger partial charge in [-0.05, 0) is 36.8 Å². The Morgan fingerprint density at radius 3 is 2.48 bits per heavy atom. The quantitative estimate of drug-likeness (QED) is 0.191. The number of carbonyl (C=O) groups excluding carboxylic acids is 2. The van der Waals surface area contributed by atoms with Crippen LogP contribution in [0.3, 0.4) is 0 Å². The molecule has 3 rings (SSSR count). The lowest BCUT2D eigenvalue weighted by Crippen LogP contribution is -2.28. The van der Waals surface area contributed by atoms with Crippen molar-refractivity contribution >= 4 is 28.5 Å². The second-order valence-electron chi connectivity index (χ2n) is 6.42. The number of non-ortho nitro benzene ring substituents is 1. The van der Waals surface area contributed by atoms with E-state index in [1.165, 1.54) is 42.5 Å². The fourth-order valence-electron chi connectivity index (χ4n) is 2.61. The molecule has 10 nitrogen and oxygen atoms in total. The maximum absolute atomic E-state index is 12.1. The zero-order chi connectivity index (χ0) is 22.4. The van der Waals surface area contributed by atoms with Crippen molar-refractivity contribution in [2.45, 2.75) is 13.3 Å². The molecule has 0 bridgehead atoms. The lowest BCUT2D eigenvalue weighted by molar-refractivity contribution is -0.384. The average Bonchev–Trinajstić information content (AvgIpc) is 2.75. The van der Waals surface area contributed by atoms with Crippen LogP contribution in [0.25, 0.3) is 11.0 Å². The molecule has 160 valence electrons. The molecule has 3 aromatic rings. The summed E-state index contributed by atoms with van der Waals surface area (Å²) in [4.78, 5) is 46.2. The van der Waals surface area contributed by atoms with E-state index in [-0.39, 0.29) is 28.3 Å². The number of ether oxygens (including phenoxy) is 2. The summed E-state index contributed by atoms with van der Waals surface area (Å²) in [5.74, 6) is -0.857. The molecule has 1 N–H and O–H groups in total. The molecule has 31 heavy (non-hydrogen) atoms. The first-order valence-corrected chi connectivity index (χ1v) is 9.31. The van der Waals surface area contributed by atoms with Crippen molar-refractivity contribution < 1.29 is 28.4 Å². The van der Waals surface area contributed by atoms with Gasteiger partial charge in [-0.15, -0.1) is 0 Å². The maximum Gasteiger partial charge on any atom is 0.349 e. The third kappa shape index (κ3) is 5.44. The normalized spacial score (nSPS) is 10.5. The molecule has 0 aliphatic carbocycles. The standard InChI is InChI=1S/C21H18N2O8/c1-2-9-22-20(25)17-10-13-3-6-16(11-18(13)31-21(17)26)30-19(24)12-29-15-7-4-14(5-8-15)23(27)28/h3-8,10-11H,2,9,12H2,1H3,(H,22,25). The van der Waals surface area contributed by atoms with Crippen molar-refractivity contribution in [1.82, 2.24) is 5.32 Å². The van der Waals surface area contributed by atoms with E-state index in [1.807, 2.05) is 6.92 Å². The highest BCUT2D eigenvalue weighted by Crippen LogP contribution is 2.21. The molecule has 1 aromatic heterocycles. The number of fused-ring (bicyclic) bond motifs is 1. The first-order chi connectivity index (χ1) is 14.9. The fraction of sp³-hybridized carbons (Fsp3) is 0.190. The van der Waals surface area contributed by atoms with Crippen molar-refractivity contribution in [2.24, 2.45) is 0 Å². The number of hydrogen-bond donors (Lipinski definition) is 1. The van der Waals surface area contributed by atoms with Gasteiger partial charge in [0.25, 0.3) is 11.6 Å². The van der Waals surface area contributed by atoms with Crippen molar-refractivity contribution in [1.29, 1.82) is 0 Å². The number of nitrogens with zero attached hydrogens (tertiary/aromatic N) is 1. The van der Waals surface area contributed by atoms with E-state index < -0.39 is 29.0 Å². The minimum absolute atomic E-state index is 0.0985. The van der Waals surface area contributed by atoms with Crippen molar-refractivity contribution in [2.75, 3.05) is 13.2 Å². The summed E-state index contributed by atoms with van der Waals surface area (Å²) >= 11 is 0. The summed E-state index contributed by atoms with van der Waals surface area (Å²) in [6.07, 6.45) is 0.729. The Balaban J connectivity index is 1.66. The van der Waals surface area contributed by atoms with E-state index in [1.54, 1.807) is 6.07 Å².